The highest BCUT2D eigenvalue weighted by atomic mass is 16.5. The first-order chi connectivity index (χ1) is 8.69. The molecule has 1 aliphatic carbocycles. The van der Waals surface area contributed by atoms with E-state index in [9.17, 15) is 4.79 Å². The molecule has 0 spiro atoms. The number of carbonyl (C=O) groups is 1. The number of ether oxygens (including phenoxy) is 1. The molecule has 0 radical (unpaired) electrons. The zero-order valence-electron chi connectivity index (χ0n) is 10.9. The molecule has 0 atom stereocenters. The van der Waals surface area contributed by atoms with Crippen molar-refractivity contribution in [2.75, 3.05) is 20.7 Å². The van der Waals surface area contributed by atoms with E-state index in [-0.39, 0.29) is 5.97 Å². The lowest BCUT2D eigenvalue weighted by Gasteiger charge is -2.12. The molecule has 1 saturated carbocycles. The van der Waals surface area contributed by atoms with Crippen molar-refractivity contribution in [2.24, 2.45) is 0 Å². The van der Waals surface area contributed by atoms with Gasteiger partial charge in [0, 0.05) is 12.3 Å². The van der Waals surface area contributed by atoms with Crippen LogP contribution in [0, 0.1) is 0 Å². The minimum atomic E-state index is -0.169. The molecule has 1 heterocycles. The van der Waals surface area contributed by atoms with E-state index in [2.05, 4.69) is 19.8 Å². The number of nitrogens with zero attached hydrogens (tertiary/aromatic N) is 3. The zero-order valence-corrected chi connectivity index (χ0v) is 10.9. The van der Waals surface area contributed by atoms with E-state index < -0.39 is 0 Å². The molecule has 0 amide bonds. The van der Waals surface area contributed by atoms with Crippen LogP contribution in [0.15, 0.2) is 4.52 Å². The number of carbonyl (C=O) groups excluding carboxylic acids is 1. The summed E-state index contributed by atoms with van der Waals surface area (Å²) in [6.45, 7) is 1.43. The summed E-state index contributed by atoms with van der Waals surface area (Å²) in [5, 5.41) is 3.97. The average Bonchev–Trinajstić information content (AvgIpc) is 3.10. The van der Waals surface area contributed by atoms with E-state index in [0.29, 0.717) is 24.8 Å². The number of rotatable bonds is 7. The summed E-state index contributed by atoms with van der Waals surface area (Å²) in [5.74, 6) is 1.84. The Labute approximate surface area is 106 Å². The normalized spacial score (nSPS) is 15.1. The first-order valence-corrected chi connectivity index (χ1v) is 6.27. The molecular weight excluding hydrogens is 234 g/mol. The van der Waals surface area contributed by atoms with E-state index in [1.807, 2.05) is 7.05 Å². The van der Waals surface area contributed by atoms with Gasteiger partial charge in [-0.2, -0.15) is 4.98 Å². The maximum absolute atomic E-state index is 11.0. The molecule has 1 aromatic rings. The minimum Gasteiger partial charge on any atom is -0.469 e. The van der Waals surface area contributed by atoms with Crippen LogP contribution in [0.3, 0.4) is 0 Å². The van der Waals surface area contributed by atoms with Crippen molar-refractivity contribution in [1.29, 1.82) is 0 Å². The van der Waals surface area contributed by atoms with Gasteiger partial charge < -0.3 is 9.26 Å². The molecule has 0 aromatic carbocycles. The Bertz CT molecular complexity index is 401. The molecule has 1 aromatic heterocycles. The van der Waals surface area contributed by atoms with E-state index in [4.69, 9.17) is 4.52 Å². The first-order valence-electron chi connectivity index (χ1n) is 6.27. The fraction of sp³-hybridized carbons (Fsp3) is 0.750. The lowest BCUT2D eigenvalue weighted by molar-refractivity contribution is -0.140. The van der Waals surface area contributed by atoms with Gasteiger partial charge in [0.05, 0.1) is 13.7 Å². The van der Waals surface area contributed by atoms with Crippen molar-refractivity contribution in [1.82, 2.24) is 15.0 Å². The number of methoxy groups -OCH3 is 1. The van der Waals surface area contributed by atoms with Crippen LogP contribution in [-0.4, -0.2) is 41.7 Å². The number of hydrogen-bond donors (Lipinski definition) is 0. The van der Waals surface area contributed by atoms with E-state index >= 15 is 0 Å². The number of hydrogen-bond acceptors (Lipinski definition) is 6. The number of esters is 1. The van der Waals surface area contributed by atoms with Gasteiger partial charge in [0.1, 0.15) is 0 Å². The van der Waals surface area contributed by atoms with Gasteiger partial charge in [-0.3, -0.25) is 9.69 Å². The van der Waals surface area contributed by atoms with Crippen LogP contribution in [0.5, 0.6) is 0 Å². The Morgan fingerprint density at radius 2 is 2.33 bits per heavy atom. The van der Waals surface area contributed by atoms with Gasteiger partial charge in [-0.25, -0.2) is 0 Å². The predicted molar refractivity (Wildman–Crippen MR) is 63.9 cm³/mol. The van der Waals surface area contributed by atoms with Crippen LogP contribution in [0.2, 0.25) is 0 Å². The molecule has 6 nitrogen and oxygen atoms in total. The summed E-state index contributed by atoms with van der Waals surface area (Å²) in [6.07, 6.45) is 3.56. The molecule has 0 aliphatic heterocycles. The lowest BCUT2D eigenvalue weighted by Crippen LogP contribution is -2.20. The second-order valence-corrected chi connectivity index (χ2v) is 4.74. The Morgan fingerprint density at radius 3 is 3.00 bits per heavy atom. The third-order valence-electron chi connectivity index (χ3n) is 2.98. The van der Waals surface area contributed by atoms with Gasteiger partial charge in [-0.05, 0) is 32.9 Å². The van der Waals surface area contributed by atoms with Crippen LogP contribution in [-0.2, 0) is 16.1 Å². The molecule has 100 valence electrons. The largest absolute Gasteiger partial charge is 0.469 e. The summed E-state index contributed by atoms with van der Waals surface area (Å²) < 4.78 is 9.78. The van der Waals surface area contributed by atoms with Crippen molar-refractivity contribution < 1.29 is 14.1 Å². The SMILES string of the molecule is COC(=O)CCCN(C)Cc1nc(C2CC2)no1. The fourth-order valence-electron chi connectivity index (χ4n) is 1.74. The highest BCUT2D eigenvalue weighted by Gasteiger charge is 2.28. The third kappa shape index (κ3) is 3.80. The van der Waals surface area contributed by atoms with Crippen molar-refractivity contribution in [3.8, 4) is 0 Å². The molecule has 0 bridgehead atoms. The molecule has 2 rings (SSSR count). The highest BCUT2D eigenvalue weighted by Crippen LogP contribution is 2.38. The predicted octanol–water partition coefficient (Wildman–Crippen LogP) is 1.33. The second-order valence-electron chi connectivity index (χ2n) is 4.74. The molecule has 0 unspecified atom stereocenters. The molecule has 1 aliphatic rings. The summed E-state index contributed by atoms with van der Waals surface area (Å²) in [7, 11) is 3.38. The smallest absolute Gasteiger partial charge is 0.305 e. The van der Waals surface area contributed by atoms with Crippen LogP contribution in [0.1, 0.15) is 43.3 Å². The minimum absolute atomic E-state index is 0.169. The summed E-state index contributed by atoms with van der Waals surface area (Å²) in [4.78, 5) is 17.4. The summed E-state index contributed by atoms with van der Waals surface area (Å²) in [6, 6.07) is 0. The zero-order chi connectivity index (χ0) is 13.0. The van der Waals surface area contributed by atoms with Crippen LogP contribution in [0.25, 0.3) is 0 Å². The first kappa shape index (κ1) is 13.0. The lowest BCUT2D eigenvalue weighted by atomic mass is 10.3. The maximum atomic E-state index is 11.0. The molecule has 0 saturated heterocycles. The van der Waals surface area contributed by atoms with Crippen molar-refractivity contribution in [3.05, 3.63) is 11.7 Å². The van der Waals surface area contributed by atoms with Crippen LogP contribution >= 0.6 is 0 Å². The molecule has 6 heteroatoms. The summed E-state index contributed by atoms with van der Waals surface area (Å²) in [5.41, 5.74) is 0. The van der Waals surface area contributed by atoms with Gasteiger partial charge in [0.2, 0.25) is 5.89 Å². The highest BCUT2D eigenvalue weighted by molar-refractivity contribution is 5.69. The van der Waals surface area contributed by atoms with E-state index in [1.54, 1.807) is 0 Å². The van der Waals surface area contributed by atoms with Crippen molar-refractivity contribution >= 4 is 5.97 Å². The average molecular weight is 253 g/mol. The number of aromatic nitrogens is 2. The van der Waals surface area contributed by atoms with Gasteiger partial charge >= 0.3 is 5.97 Å². The Kier molecular flexibility index (Phi) is 4.30. The second kappa shape index (κ2) is 5.95. The van der Waals surface area contributed by atoms with Crippen LogP contribution < -0.4 is 0 Å². The topological polar surface area (TPSA) is 68.5 Å². The Morgan fingerprint density at radius 1 is 1.56 bits per heavy atom. The Balaban J connectivity index is 1.69. The van der Waals surface area contributed by atoms with Gasteiger partial charge in [0.25, 0.3) is 0 Å². The summed E-state index contributed by atoms with van der Waals surface area (Å²) >= 11 is 0. The van der Waals surface area contributed by atoms with Crippen molar-refractivity contribution in [2.45, 2.75) is 38.1 Å². The monoisotopic (exact) mass is 253 g/mol. The van der Waals surface area contributed by atoms with Gasteiger partial charge in [-0.1, -0.05) is 5.16 Å². The molecule has 1 fully saturated rings. The van der Waals surface area contributed by atoms with Gasteiger partial charge in [-0.15, -0.1) is 0 Å². The standard InChI is InChI=1S/C12H19N3O3/c1-15(7-3-4-11(16)17-2)8-10-13-12(14-18-10)9-5-6-9/h9H,3-8H2,1-2H3. The van der Waals surface area contributed by atoms with Crippen LogP contribution in [0.4, 0.5) is 0 Å². The fourth-order valence-corrected chi connectivity index (χ4v) is 1.74. The third-order valence-corrected chi connectivity index (χ3v) is 2.98. The van der Waals surface area contributed by atoms with E-state index in [1.165, 1.54) is 20.0 Å². The van der Waals surface area contributed by atoms with E-state index in [0.717, 1.165) is 18.8 Å². The molecule has 18 heavy (non-hydrogen) atoms. The Hall–Kier alpha value is -1.43. The maximum Gasteiger partial charge on any atom is 0.305 e. The molecular formula is C12H19N3O3. The molecule has 0 N–H and O–H groups in total. The van der Waals surface area contributed by atoms with Crippen molar-refractivity contribution in [3.63, 3.8) is 0 Å². The van der Waals surface area contributed by atoms with Gasteiger partial charge in [0.15, 0.2) is 5.82 Å². The quantitative estimate of drug-likeness (QED) is 0.683.